The van der Waals surface area contributed by atoms with Crippen LogP contribution in [0.1, 0.15) is 19.5 Å². The van der Waals surface area contributed by atoms with E-state index in [2.05, 4.69) is 34.9 Å². The van der Waals surface area contributed by atoms with Crippen molar-refractivity contribution in [1.29, 1.82) is 0 Å². The molecular weight excluding hydrogens is 218 g/mol. The highest BCUT2D eigenvalue weighted by molar-refractivity contribution is 9.10. The van der Waals surface area contributed by atoms with Gasteiger partial charge >= 0.3 is 0 Å². The molecule has 0 atom stereocenters. The summed E-state index contributed by atoms with van der Waals surface area (Å²) in [6.07, 6.45) is 0. The first kappa shape index (κ1) is 9.74. The lowest BCUT2D eigenvalue weighted by molar-refractivity contribution is 0.487. The summed E-state index contributed by atoms with van der Waals surface area (Å²) < 4.78 is 2.72. The molecule has 0 aromatic carbocycles. The van der Waals surface area contributed by atoms with Gasteiger partial charge in [0.05, 0.1) is 0 Å². The molecule has 0 saturated carbocycles. The minimum absolute atomic E-state index is 0.00618. The predicted octanol–water partition coefficient (Wildman–Crippen LogP) is 1.42. The van der Waals surface area contributed by atoms with E-state index in [9.17, 15) is 0 Å². The lowest BCUT2D eigenvalue weighted by atomic mass is 9.89. The number of nitrogens with two attached hydrogens (primary N) is 1. The Kier molecular flexibility index (Phi) is 2.58. The van der Waals surface area contributed by atoms with Gasteiger partial charge in [0.25, 0.3) is 0 Å². The smallest absolute Gasteiger partial charge is 0.128 e. The van der Waals surface area contributed by atoms with E-state index in [1.807, 2.05) is 17.8 Å². The van der Waals surface area contributed by atoms with Crippen LogP contribution in [0.3, 0.4) is 0 Å². The zero-order chi connectivity index (χ0) is 9.35. The van der Waals surface area contributed by atoms with Gasteiger partial charge in [-0.3, -0.25) is 4.68 Å². The number of aryl methyl sites for hydroxylation is 1. The molecule has 3 nitrogen and oxygen atoms in total. The first-order chi connectivity index (χ1) is 5.47. The molecule has 0 radical (unpaired) electrons. The van der Waals surface area contributed by atoms with E-state index in [1.165, 1.54) is 0 Å². The number of hydrogen-bond acceptors (Lipinski definition) is 2. The Morgan fingerprint density at radius 3 is 2.58 bits per heavy atom. The zero-order valence-corrected chi connectivity index (χ0v) is 9.22. The van der Waals surface area contributed by atoms with Crippen LogP contribution >= 0.6 is 15.9 Å². The van der Waals surface area contributed by atoms with Crippen LogP contribution in [0.2, 0.25) is 0 Å². The van der Waals surface area contributed by atoms with Crippen molar-refractivity contribution in [2.24, 2.45) is 12.8 Å². The first-order valence-electron chi connectivity index (χ1n) is 3.87. The van der Waals surface area contributed by atoms with Crippen LogP contribution in [0.5, 0.6) is 0 Å². The maximum Gasteiger partial charge on any atom is 0.128 e. The SMILES string of the molecule is Cn1nc(Br)cc1C(C)(C)CN. The second-order valence-corrected chi connectivity index (χ2v) is 4.38. The molecule has 0 aliphatic rings. The predicted molar refractivity (Wildman–Crippen MR) is 53.0 cm³/mol. The van der Waals surface area contributed by atoms with Crippen molar-refractivity contribution < 1.29 is 0 Å². The third-order valence-electron chi connectivity index (χ3n) is 2.05. The van der Waals surface area contributed by atoms with Crippen LogP contribution in [0, 0.1) is 0 Å². The number of hydrogen-bond donors (Lipinski definition) is 1. The van der Waals surface area contributed by atoms with Crippen molar-refractivity contribution >= 4 is 15.9 Å². The van der Waals surface area contributed by atoms with Gasteiger partial charge in [-0.05, 0) is 22.0 Å². The van der Waals surface area contributed by atoms with E-state index >= 15 is 0 Å². The summed E-state index contributed by atoms with van der Waals surface area (Å²) in [4.78, 5) is 0. The van der Waals surface area contributed by atoms with E-state index in [0.29, 0.717) is 6.54 Å². The van der Waals surface area contributed by atoms with Crippen LogP contribution in [0.15, 0.2) is 10.7 Å². The second-order valence-electron chi connectivity index (χ2n) is 3.56. The molecule has 1 rings (SSSR count). The van der Waals surface area contributed by atoms with Crippen molar-refractivity contribution in [2.75, 3.05) is 6.54 Å². The monoisotopic (exact) mass is 231 g/mol. The topological polar surface area (TPSA) is 43.8 Å². The Bertz CT molecular complexity index is 278. The average molecular weight is 232 g/mol. The minimum Gasteiger partial charge on any atom is -0.330 e. The summed E-state index contributed by atoms with van der Waals surface area (Å²) in [6.45, 7) is 4.84. The second kappa shape index (κ2) is 3.18. The summed E-state index contributed by atoms with van der Waals surface area (Å²) in [7, 11) is 1.93. The van der Waals surface area contributed by atoms with Crippen LogP contribution in [0.4, 0.5) is 0 Å². The quantitative estimate of drug-likeness (QED) is 0.837. The summed E-state index contributed by atoms with van der Waals surface area (Å²) in [6, 6.07) is 2.01. The van der Waals surface area contributed by atoms with Crippen LogP contribution in [-0.2, 0) is 12.5 Å². The van der Waals surface area contributed by atoms with Crippen molar-refractivity contribution in [3.8, 4) is 0 Å². The summed E-state index contributed by atoms with van der Waals surface area (Å²) >= 11 is 3.33. The molecule has 68 valence electrons. The number of aromatic nitrogens is 2. The van der Waals surface area contributed by atoms with Gasteiger partial charge in [0.1, 0.15) is 4.60 Å². The third-order valence-corrected chi connectivity index (χ3v) is 2.44. The Balaban J connectivity index is 3.09. The van der Waals surface area contributed by atoms with Crippen LogP contribution in [0.25, 0.3) is 0 Å². The number of halogens is 1. The molecule has 4 heteroatoms. The van der Waals surface area contributed by atoms with Gasteiger partial charge in [0.15, 0.2) is 0 Å². The molecule has 0 aliphatic carbocycles. The highest BCUT2D eigenvalue weighted by atomic mass is 79.9. The van der Waals surface area contributed by atoms with E-state index in [0.717, 1.165) is 10.3 Å². The molecule has 1 aromatic rings. The Labute approximate surface area is 81.1 Å². The maximum atomic E-state index is 5.66. The molecule has 12 heavy (non-hydrogen) atoms. The molecule has 0 amide bonds. The first-order valence-corrected chi connectivity index (χ1v) is 4.67. The fraction of sp³-hybridized carbons (Fsp3) is 0.625. The van der Waals surface area contributed by atoms with Gasteiger partial charge in [0, 0.05) is 24.7 Å². The molecule has 1 aromatic heterocycles. The molecule has 0 bridgehead atoms. The van der Waals surface area contributed by atoms with E-state index in [4.69, 9.17) is 5.73 Å². The van der Waals surface area contributed by atoms with Crippen LogP contribution in [-0.4, -0.2) is 16.3 Å². The molecule has 0 unspecified atom stereocenters. The van der Waals surface area contributed by atoms with Gasteiger partial charge in [-0.2, -0.15) is 5.10 Å². The highest BCUT2D eigenvalue weighted by Gasteiger charge is 2.22. The van der Waals surface area contributed by atoms with Crippen LogP contribution < -0.4 is 5.73 Å². The maximum absolute atomic E-state index is 5.66. The molecule has 1 heterocycles. The average Bonchev–Trinajstić information content (AvgIpc) is 2.31. The molecular formula is C8H14BrN3. The molecule has 2 N–H and O–H groups in total. The Morgan fingerprint density at radius 1 is 1.67 bits per heavy atom. The van der Waals surface area contributed by atoms with Gasteiger partial charge in [-0.15, -0.1) is 0 Å². The third kappa shape index (κ3) is 1.69. The summed E-state index contributed by atoms with van der Waals surface area (Å²) in [5.41, 5.74) is 6.80. The van der Waals surface area contributed by atoms with Gasteiger partial charge in [-0.25, -0.2) is 0 Å². The zero-order valence-electron chi connectivity index (χ0n) is 7.63. The highest BCUT2D eigenvalue weighted by Crippen LogP contribution is 2.23. The van der Waals surface area contributed by atoms with Gasteiger partial charge < -0.3 is 5.73 Å². The number of nitrogens with zero attached hydrogens (tertiary/aromatic N) is 2. The standard InChI is InChI=1S/C8H14BrN3/c1-8(2,5-10)6-4-7(9)11-12(6)3/h4H,5,10H2,1-3H3. The lowest BCUT2D eigenvalue weighted by Gasteiger charge is -2.22. The molecule has 0 saturated heterocycles. The molecule has 0 aliphatic heterocycles. The van der Waals surface area contributed by atoms with E-state index < -0.39 is 0 Å². The van der Waals surface area contributed by atoms with Crippen molar-refractivity contribution in [3.05, 3.63) is 16.4 Å². The Morgan fingerprint density at radius 2 is 2.25 bits per heavy atom. The Hall–Kier alpha value is -0.350. The van der Waals surface area contributed by atoms with Crippen molar-refractivity contribution in [2.45, 2.75) is 19.3 Å². The fourth-order valence-corrected chi connectivity index (χ4v) is 1.62. The lowest BCUT2D eigenvalue weighted by Crippen LogP contribution is -2.30. The van der Waals surface area contributed by atoms with Crippen molar-refractivity contribution in [3.63, 3.8) is 0 Å². The van der Waals surface area contributed by atoms with Gasteiger partial charge in [-0.1, -0.05) is 13.8 Å². The van der Waals surface area contributed by atoms with E-state index in [-0.39, 0.29) is 5.41 Å². The fourth-order valence-electron chi connectivity index (χ4n) is 1.17. The summed E-state index contributed by atoms with van der Waals surface area (Å²) in [5, 5.41) is 4.20. The van der Waals surface area contributed by atoms with E-state index in [1.54, 1.807) is 0 Å². The molecule has 0 fully saturated rings. The summed E-state index contributed by atoms with van der Waals surface area (Å²) in [5.74, 6) is 0. The largest absolute Gasteiger partial charge is 0.330 e. The number of rotatable bonds is 2. The minimum atomic E-state index is -0.00618. The van der Waals surface area contributed by atoms with Gasteiger partial charge in [0.2, 0.25) is 0 Å². The normalized spacial score (nSPS) is 12.1. The molecule has 0 spiro atoms. The van der Waals surface area contributed by atoms with Crippen molar-refractivity contribution in [1.82, 2.24) is 9.78 Å².